The summed E-state index contributed by atoms with van der Waals surface area (Å²) >= 11 is 0. The lowest BCUT2D eigenvalue weighted by Gasteiger charge is -2.34. The summed E-state index contributed by atoms with van der Waals surface area (Å²) in [5.74, 6) is 1.18. The van der Waals surface area contributed by atoms with Crippen molar-refractivity contribution < 1.29 is 8.42 Å². The van der Waals surface area contributed by atoms with Gasteiger partial charge in [-0.2, -0.15) is 9.41 Å². The molecule has 6 nitrogen and oxygen atoms in total. The first kappa shape index (κ1) is 19.8. The van der Waals surface area contributed by atoms with Gasteiger partial charge in [-0.1, -0.05) is 34.6 Å². The van der Waals surface area contributed by atoms with Crippen molar-refractivity contribution in [2.75, 3.05) is 18.5 Å². The SMILES string of the molecule is CCN(CC)S(=O)(=O)c1ccc(N/N=C2\CC(C)CC(C)(C)C2)nc1. The van der Waals surface area contributed by atoms with Crippen LogP contribution in [-0.4, -0.2) is 36.5 Å². The molecule has 0 aromatic carbocycles. The maximum atomic E-state index is 12.5. The van der Waals surface area contributed by atoms with Gasteiger partial charge >= 0.3 is 0 Å². The summed E-state index contributed by atoms with van der Waals surface area (Å²) in [6, 6.07) is 3.24. The van der Waals surface area contributed by atoms with Crippen LogP contribution in [0.15, 0.2) is 28.3 Å². The second kappa shape index (κ2) is 7.83. The first-order chi connectivity index (χ1) is 11.7. The predicted molar refractivity (Wildman–Crippen MR) is 102 cm³/mol. The molecule has 140 valence electrons. The van der Waals surface area contributed by atoms with Gasteiger partial charge in [-0.15, -0.1) is 0 Å². The molecule has 1 saturated carbocycles. The smallest absolute Gasteiger partial charge is 0.244 e. The van der Waals surface area contributed by atoms with Crippen molar-refractivity contribution in [3.05, 3.63) is 18.3 Å². The van der Waals surface area contributed by atoms with Crippen LogP contribution in [0, 0.1) is 11.3 Å². The minimum Gasteiger partial charge on any atom is -0.261 e. The molecule has 1 aliphatic rings. The summed E-state index contributed by atoms with van der Waals surface area (Å²) in [6.07, 6.45) is 4.56. The van der Waals surface area contributed by atoms with Gasteiger partial charge in [-0.05, 0) is 42.7 Å². The monoisotopic (exact) mass is 366 g/mol. The Morgan fingerprint density at radius 2 is 2.00 bits per heavy atom. The molecule has 1 aromatic rings. The minimum absolute atomic E-state index is 0.210. The number of nitrogens with zero attached hydrogens (tertiary/aromatic N) is 3. The molecule has 1 atom stereocenters. The van der Waals surface area contributed by atoms with Crippen molar-refractivity contribution in [3.63, 3.8) is 0 Å². The average Bonchev–Trinajstić information content (AvgIpc) is 2.52. The number of hydrogen-bond acceptors (Lipinski definition) is 5. The molecule has 0 saturated heterocycles. The summed E-state index contributed by atoms with van der Waals surface area (Å²) < 4.78 is 26.3. The fraction of sp³-hybridized carbons (Fsp3) is 0.667. The van der Waals surface area contributed by atoms with E-state index in [1.165, 1.54) is 16.9 Å². The van der Waals surface area contributed by atoms with E-state index in [1.807, 2.05) is 13.8 Å². The van der Waals surface area contributed by atoms with Gasteiger partial charge < -0.3 is 0 Å². The Balaban J connectivity index is 2.09. The Morgan fingerprint density at radius 1 is 1.32 bits per heavy atom. The Hall–Kier alpha value is -1.47. The zero-order valence-corrected chi connectivity index (χ0v) is 16.7. The van der Waals surface area contributed by atoms with Crippen LogP contribution < -0.4 is 5.43 Å². The van der Waals surface area contributed by atoms with Crippen LogP contribution in [0.4, 0.5) is 5.82 Å². The van der Waals surface area contributed by atoms with Gasteiger partial charge in [0.25, 0.3) is 0 Å². The van der Waals surface area contributed by atoms with E-state index in [0.29, 0.717) is 24.8 Å². The van der Waals surface area contributed by atoms with E-state index in [1.54, 1.807) is 12.1 Å². The van der Waals surface area contributed by atoms with Gasteiger partial charge in [0.05, 0.1) is 0 Å². The molecule has 0 bridgehead atoms. The number of rotatable bonds is 6. The lowest BCUT2D eigenvalue weighted by atomic mass is 9.72. The van der Waals surface area contributed by atoms with Gasteiger partial charge in [-0.3, -0.25) is 5.43 Å². The van der Waals surface area contributed by atoms with Crippen molar-refractivity contribution in [1.29, 1.82) is 0 Å². The van der Waals surface area contributed by atoms with Crippen molar-refractivity contribution in [2.24, 2.45) is 16.4 Å². The van der Waals surface area contributed by atoms with Crippen LogP contribution in [-0.2, 0) is 10.0 Å². The van der Waals surface area contributed by atoms with Crippen LogP contribution in [0.3, 0.4) is 0 Å². The first-order valence-electron chi connectivity index (χ1n) is 8.95. The first-order valence-corrected chi connectivity index (χ1v) is 10.4. The number of aromatic nitrogens is 1. The van der Waals surface area contributed by atoms with Crippen LogP contribution in [0.1, 0.15) is 53.9 Å². The second-order valence-electron chi connectivity index (χ2n) is 7.61. The highest BCUT2D eigenvalue weighted by Crippen LogP contribution is 2.37. The molecular formula is C18H30N4O2S. The molecule has 1 N–H and O–H groups in total. The van der Waals surface area contributed by atoms with E-state index in [4.69, 9.17) is 0 Å². The number of pyridine rings is 1. The van der Waals surface area contributed by atoms with Gasteiger partial charge in [0.2, 0.25) is 10.0 Å². The van der Waals surface area contributed by atoms with Gasteiger partial charge in [0.1, 0.15) is 10.7 Å². The summed E-state index contributed by atoms with van der Waals surface area (Å²) in [4.78, 5) is 4.42. The largest absolute Gasteiger partial charge is 0.261 e. The zero-order valence-electron chi connectivity index (χ0n) is 15.9. The molecule has 1 aliphatic carbocycles. The van der Waals surface area contributed by atoms with Gasteiger partial charge in [-0.25, -0.2) is 13.4 Å². The van der Waals surface area contributed by atoms with Crippen LogP contribution >= 0.6 is 0 Å². The standard InChI is InChI=1S/C18H30N4O2S/c1-6-22(7-2)25(23,24)16-8-9-17(19-13-16)21-20-15-10-14(3)11-18(4,5)12-15/h8-9,13-14H,6-7,10-12H2,1-5H3,(H,19,21)/b20-15+. The van der Waals surface area contributed by atoms with Crippen molar-refractivity contribution in [1.82, 2.24) is 9.29 Å². The molecule has 0 spiro atoms. The molecule has 1 unspecified atom stereocenters. The van der Waals surface area contributed by atoms with E-state index >= 15 is 0 Å². The van der Waals surface area contributed by atoms with Gasteiger partial charge in [0, 0.05) is 25.0 Å². The van der Waals surface area contributed by atoms with Crippen LogP contribution in [0.5, 0.6) is 0 Å². The molecule has 1 aromatic heterocycles. The quantitative estimate of drug-likeness (QED) is 0.779. The molecule has 1 fully saturated rings. The van der Waals surface area contributed by atoms with Crippen LogP contribution in [0.2, 0.25) is 0 Å². The van der Waals surface area contributed by atoms with E-state index in [9.17, 15) is 8.42 Å². The molecule has 1 heterocycles. The minimum atomic E-state index is -3.47. The third-order valence-corrected chi connectivity index (χ3v) is 6.61. The Morgan fingerprint density at radius 3 is 2.52 bits per heavy atom. The number of nitrogens with one attached hydrogen (secondary N) is 1. The highest BCUT2D eigenvalue weighted by Gasteiger charge is 2.29. The van der Waals surface area contributed by atoms with Crippen molar-refractivity contribution >= 4 is 21.6 Å². The molecule has 2 rings (SSSR count). The molecule has 7 heteroatoms. The highest BCUT2D eigenvalue weighted by atomic mass is 32.2. The number of anilines is 1. The lowest BCUT2D eigenvalue weighted by Crippen LogP contribution is -2.30. The Bertz CT molecular complexity index is 707. The van der Waals surface area contributed by atoms with Crippen LogP contribution in [0.25, 0.3) is 0 Å². The Labute approximate surface area is 151 Å². The molecular weight excluding hydrogens is 336 g/mol. The molecule has 25 heavy (non-hydrogen) atoms. The van der Waals surface area contributed by atoms with E-state index in [2.05, 4.69) is 36.3 Å². The van der Waals surface area contributed by atoms with Gasteiger partial charge in [0.15, 0.2) is 0 Å². The number of sulfonamides is 1. The summed E-state index contributed by atoms with van der Waals surface area (Å²) in [7, 11) is -3.47. The fourth-order valence-corrected chi connectivity index (χ4v) is 5.05. The highest BCUT2D eigenvalue weighted by molar-refractivity contribution is 7.89. The topological polar surface area (TPSA) is 74.7 Å². The molecule has 0 amide bonds. The van der Waals surface area contributed by atoms with Crippen molar-refractivity contribution in [3.8, 4) is 0 Å². The summed E-state index contributed by atoms with van der Waals surface area (Å²) in [6.45, 7) is 11.3. The number of hydrazone groups is 1. The predicted octanol–water partition coefficient (Wildman–Crippen LogP) is 3.73. The summed E-state index contributed by atoms with van der Waals surface area (Å²) in [5, 5.41) is 4.50. The second-order valence-corrected chi connectivity index (χ2v) is 9.55. The molecule has 0 radical (unpaired) electrons. The van der Waals surface area contributed by atoms with E-state index in [-0.39, 0.29) is 10.3 Å². The average molecular weight is 367 g/mol. The molecule has 0 aliphatic heterocycles. The third kappa shape index (κ3) is 5.01. The normalized spacial score (nSPS) is 22.3. The number of hydrogen-bond donors (Lipinski definition) is 1. The van der Waals surface area contributed by atoms with Crippen molar-refractivity contribution in [2.45, 2.75) is 58.8 Å². The Kier molecular flexibility index (Phi) is 6.21. The fourth-order valence-electron chi connectivity index (χ4n) is 3.65. The maximum Gasteiger partial charge on any atom is 0.244 e. The lowest BCUT2D eigenvalue weighted by molar-refractivity contribution is 0.266. The zero-order chi connectivity index (χ0) is 18.7. The summed E-state index contributed by atoms with van der Waals surface area (Å²) in [5.41, 5.74) is 4.39. The van der Waals surface area contributed by atoms with E-state index < -0.39 is 10.0 Å². The maximum absolute atomic E-state index is 12.5. The third-order valence-electron chi connectivity index (χ3n) is 4.58. The van der Waals surface area contributed by atoms with E-state index in [0.717, 1.165) is 18.6 Å².